The van der Waals surface area contributed by atoms with Crippen molar-refractivity contribution in [2.24, 2.45) is 0 Å². The van der Waals surface area contributed by atoms with Crippen LogP contribution in [0.3, 0.4) is 0 Å². The van der Waals surface area contributed by atoms with Crippen molar-refractivity contribution in [2.45, 2.75) is 32.7 Å². The lowest BCUT2D eigenvalue weighted by Crippen LogP contribution is -2.17. The lowest BCUT2D eigenvalue weighted by Gasteiger charge is -2.19. The summed E-state index contributed by atoms with van der Waals surface area (Å²) in [6.45, 7) is 4.25. The van der Waals surface area contributed by atoms with Crippen molar-refractivity contribution in [3.63, 3.8) is 0 Å². The Morgan fingerprint density at radius 3 is 2.85 bits per heavy atom. The van der Waals surface area contributed by atoms with Gasteiger partial charge in [-0.15, -0.1) is 0 Å². The van der Waals surface area contributed by atoms with Gasteiger partial charge in [-0.25, -0.2) is 0 Å². The van der Waals surface area contributed by atoms with E-state index >= 15 is 0 Å². The van der Waals surface area contributed by atoms with Crippen molar-refractivity contribution in [1.29, 1.82) is 0 Å². The summed E-state index contributed by atoms with van der Waals surface area (Å²) >= 11 is 3.49. The fourth-order valence-corrected chi connectivity index (χ4v) is 2.74. The molecular formula is C16H20BrNO2. The van der Waals surface area contributed by atoms with E-state index in [-0.39, 0.29) is 0 Å². The average molecular weight is 338 g/mol. The first kappa shape index (κ1) is 15.0. The Labute approximate surface area is 128 Å². The maximum Gasteiger partial charge on any atom is 0.143 e. The molecule has 108 valence electrons. The van der Waals surface area contributed by atoms with Crippen molar-refractivity contribution in [1.82, 2.24) is 0 Å². The molecule has 0 aliphatic carbocycles. The van der Waals surface area contributed by atoms with Crippen molar-refractivity contribution < 1.29 is 9.15 Å². The second kappa shape index (κ2) is 6.84. The maximum atomic E-state index is 5.45. The number of ether oxygens (including phenoxy) is 1. The molecule has 0 saturated heterocycles. The molecule has 1 N–H and O–H groups in total. The first-order valence-corrected chi connectivity index (χ1v) is 7.52. The molecule has 4 heteroatoms. The van der Waals surface area contributed by atoms with Gasteiger partial charge in [-0.05, 0) is 50.1 Å². The highest BCUT2D eigenvalue weighted by Crippen LogP contribution is 2.32. The van der Waals surface area contributed by atoms with Crippen molar-refractivity contribution in [3.05, 3.63) is 46.3 Å². The van der Waals surface area contributed by atoms with E-state index in [1.165, 1.54) is 5.56 Å². The van der Waals surface area contributed by atoms with Gasteiger partial charge in [-0.2, -0.15) is 0 Å². The Morgan fingerprint density at radius 1 is 1.40 bits per heavy atom. The summed E-state index contributed by atoms with van der Waals surface area (Å²) in [7, 11) is 1.69. The van der Waals surface area contributed by atoms with Gasteiger partial charge in [0.1, 0.15) is 11.5 Å². The number of benzene rings is 1. The van der Waals surface area contributed by atoms with Gasteiger partial charge in [-0.3, -0.25) is 0 Å². The van der Waals surface area contributed by atoms with Gasteiger partial charge in [-0.1, -0.05) is 15.9 Å². The molecule has 0 saturated carbocycles. The van der Waals surface area contributed by atoms with E-state index in [2.05, 4.69) is 41.2 Å². The molecule has 0 aliphatic heterocycles. The summed E-state index contributed by atoms with van der Waals surface area (Å²) in [5.74, 6) is 1.89. The highest BCUT2D eigenvalue weighted by molar-refractivity contribution is 9.10. The molecule has 0 radical (unpaired) electrons. The highest BCUT2D eigenvalue weighted by atomic mass is 79.9. The van der Waals surface area contributed by atoms with Crippen molar-refractivity contribution >= 4 is 21.6 Å². The highest BCUT2D eigenvalue weighted by Gasteiger charge is 2.11. The minimum absolute atomic E-state index is 0.342. The van der Waals surface area contributed by atoms with Gasteiger partial charge >= 0.3 is 0 Å². The molecule has 1 atom stereocenters. The van der Waals surface area contributed by atoms with E-state index in [4.69, 9.17) is 9.15 Å². The number of methoxy groups -OCH3 is 1. The third-order valence-corrected chi connectivity index (χ3v) is 3.74. The van der Waals surface area contributed by atoms with Gasteiger partial charge in [0.25, 0.3) is 0 Å². The van der Waals surface area contributed by atoms with Gasteiger partial charge in [0.05, 0.1) is 19.1 Å². The van der Waals surface area contributed by atoms with Crippen LogP contribution in [0.4, 0.5) is 5.69 Å². The largest absolute Gasteiger partial charge is 0.495 e. The number of rotatable bonds is 6. The smallest absolute Gasteiger partial charge is 0.143 e. The molecule has 2 aromatic rings. The summed E-state index contributed by atoms with van der Waals surface area (Å²) in [6, 6.07) is 8.35. The molecule has 1 unspecified atom stereocenters. The average Bonchev–Trinajstić information content (AvgIpc) is 2.92. The molecular weight excluding hydrogens is 318 g/mol. The third kappa shape index (κ3) is 3.79. The Balaban J connectivity index is 2.01. The minimum atomic E-state index is 0.342. The topological polar surface area (TPSA) is 34.4 Å². The summed E-state index contributed by atoms with van der Waals surface area (Å²) in [4.78, 5) is 0. The van der Waals surface area contributed by atoms with Crippen LogP contribution in [0.2, 0.25) is 0 Å². The van der Waals surface area contributed by atoms with E-state index in [1.54, 1.807) is 13.4 Å². The zero-order valence-corrected chi connectivity index (χ0v) is 13.7. The van der Waals surface area contributed by atoms with Crippen LogP contribution in [0.5, 0.6) is 5.75 Å². The molecule has 0 aliphatic rings. The standard InChI is InChI=1S/C16H20BrNO2/c1-11-9-13(17)10-15(19-3)16(11)18-12(2)6-7-14-5-4-8-20-14/h4-5,8-10,12,18H,6-7H2,1-3H3. The monoisotopic (exact) mass is 337 g/mol. The predicted molar refractivity (Wildman–Crippen MR) is 85.5 cm³/mol. The van der Waals surface area contributed by atoms with Crippen LogP contribution < -0.4 is 10.1 Å². The van der Waals surface area contributed by atoms with Crippen LogP contribution in [0.25, 0.3) is 0 Å². The summed E-state index contributed by atoms with van der Waals surface area (Å²) in [5, 5.41) is 3.53. The van der Waals surface area contributed by atoms with Crippen LogP contribution >= 0.6 is 15.9 Å². The first-order chi connectivity index (χ1) is 9.60. The van der Waals surface area contributed by atoms with Gasteiger partial charge in [0, 0.05) is 16.9 Å². The first-order valence-electron chi connectivity index (χ1n) is 6.73. The number of aryl methyl sites for hydroxylation is 2. The summed E-state index contributed by atoms with van der Waals surface area (Å²) in [6.07, 6.45) is 3.65. The van der Waals surface area contributed by atoms with E-state index in [1.807, 2.05) is 18.2 Å². The van der Waals surface area contributed by atoms with E-state index < -0.39 is 0 Å². The summed E-state index contributed by atoms with van der Waals surface area (Å²) in [5.41, 5.74) is 2.23. The molecule has 3 nitrogen and oxygen atoms in total. The number of furan rings is 1. The summed E-state index contributed by atoms with van der Waals surface area (Å²) < 4.78 is 11.8. The Bertz CT molecular complexity index is 552. The van der Waals surface area contributed by atoms with Gasteiger partial charge < -0.3 is 14.5 Å². The van der Waals surface area contributed by atoms with Crippen molar-refractivity contribution in [3.8, 4) is 5.75 Å². The number of halogens is 1. The SMILES string of the molecule is COc1cc(Br)cc(C)c1NC(C)CCc1ccco1. The normalized spacial score (nSPS) is 12.2. The molecule has 0 spiro atoms. The van der Waals surface area contributed by atoms with E-state index in [9.17, 15) is 0 Å². The Kier molecular flexibility index (Phi) is 5.12. The molecule has 1 aromatic carbocycles. The minimum Gasteiger partial charge on any atom is -0.495 e. The van der Waals surface area contributed by atoms with E-state index in [0.29, 0.717) is 6.04 Å². The second-order valence-electron chi connectivity index (χ2n) is 4.96. The van der Waals surface area contributed by atoms with Gasteiger partial charge in [0.15, 0.2) is 0 Å². The zero-order valence-electron chi connectivity index (χ0n) is 12.1. The predicted octanol–water partition coefficient (Wildman–Crippen LogP) is 4.79. The lowest BCUT2D eigenvalue weighted by molar-refractivity contribution is 0.415. The van der Waals surface area contributed by atoms with Crippen LogP contribution in [-0.4, -0.2) is 13.2 Å². The maximum absolute atomic E-state index is 5.45. The molecule has 2 rings (SSSR count). The molecule has 0 bridgehead atoms. The zero-order chi connectivity index (χ0) is 14.5. The van der Waals surface area contributed by atoms with Crippen molar-refractivity contribution in [2.75, 3.05) is 12.4 Å². The van der Waals surface area contributed by atoms with E-state index in [0.717, 1.165) is 34.5 Å². The fraction of sp³-hybridized carbons (Fsp3) is 0.375. The molecule has 1 aromatic heterocycles. The molecule has 0 fully saturated rings. The molecule has 0 amide bonds. The third-order valence-electron chi connectivity index (χ3n) is 3.28. The molecule has 1 heterocycles. The Hall–Kier alpha value is -1.42. The number of nitrogens with one attached hydrogen (secondary N) is 1. The van der Waals surface area contributed by atoms with Crippen LogP contribution in [0, 0.1) is 6.92 Å². The Morgan fingerprint density at radius 2 is 2.20 bits per heavy atom. The number of hydrogen-bond acceptors (Lipinski definition) is 3. The fourth-order valence-electron chi connectivity index (χ4n) is 2.19. The van der Waals surface area contributed by atoms with Gasteiger partial charge in [0.2, 0.25) is 0 Å². The number of anilines is 1. The van der Waals surface area contributed by atoms with Crippen LogP contribution in [0.1, 0.15) is 24.7 Å². The van der Waals surface area contributed by atoms with Crippen LogP contribution in [-0.2, 0) is 6.42 Å². The quantitative estimate of drug-likeness (QED) is 0.822. The van der Waals surface area contributed by atoms with Crippen LogP contribution in [0.15, 0.2) is 39.4 Å². The lowest BCUT2D eigenvalue weighted by atomic mass is 10.1. The number of hydrogen-bond donors (Lipinski definition) is 1. The second-order valence-corrected chi connectivity index (χ2v) is 5.88. The molecule has 20 heavy (non-hydrogen) atoms.